The summed E-state index contributed by atoms with van der Waals surface area (Å²) in [6.45, 7) is 2.70. The fraction of sp³-hybridized carbons (Fsp3) is 0.400. The van der Waals surface area contributed by atoms with Crippen molar-refractivity contribution in [2.24, 2.45) is 0 Å². The summed E-state index contributed by atoms with van der Waals surface area (Å²) in [7, 11) is 0. The zero-order chi connectivity index (χ0) is 13.1. The first-order valence-corrected chi connectivity index (χ1v) is 6.68. The standard InChI is InChI=1S/C15H19NOS/c1-2-3-4-5-6-10-13-17-15(18)16-14-11-8-7-9-12-14/h7-9,11-12H,2-4,10,13H2,1H3,(H,16,18). The number of thiocarbonyl (C=S) groups is 1. The van der Waals surface area contributed by atoms with Crippen LogP contribution in [-0.2, 0) is 4.74 Å². The first kappa shape index (κ1) is 14.5. The van der Waals surface area contributed by atoms with Gasteiger partial charge in [0.25, 0.3) is 5.17 Å². The van der Waals surface area contributed by atoms with E-state index in [1.165, 1.54) is 12.8 Å². The minimum Gasteiger partial charge on any atom is -0.470 e. The highest BCUT2D eigenvalue weighted by molar-refractivity contribution is 7.80. The Bertz CT molecular complexity index is 405. The second-order valence-corrected chi connectivity index (χ2v) is 4.20. The topological polar surface area (TPSA) is 21.3 Å². The third-order valence-electron chi connectivity index (χ3n) is 2.26. The van der Waals surface area contributed by atoms with E-state index in [1.807, 2.05) is 30.3 Å². The van der Waals surface area contributed by atoms with Gasteiger partial charge in [-0.3, -0.25) is 0 Å². The predicted molar refractivity (Wildman–Crippen MR) is 80.5 cm³/mol. The van der Waals surface area contributed by atoms with Gasteiger partial charge in [0.1, 0.15) is 6.61 Å². The van der Waals surface area contributed by atoms with Gasteiger partial charge in [-0.1, -0.05) is 37.5 Å². The Kier molecular flexibility index (Phi) is 7.66. The first-order valence-electron chi connectivity index (χ1n) is 6.27. The molecule has 0 heterocycles. The maximum Gasteiger partial charge on any atom is 0.261 e. The third-order valence-corrected chi connectivity index (χ3v) is 2.48. The molecular weight excluding hydrogens is 242 g/mol. The zero-order valence-electron chi connectivity index (χ0n) is 10.7. The van der Waals surface area contributed by atoms with Crippen LogP contribution in [0.5, 0.6) is 0 Å². The minimum atomic E-state index is 0.400. The molecule has 0 saturated carbocycles. The Balaban J connectivity index is 2.12. The van der Waals surface area contributed by atoms with Gasteiger partial charge in [0.15, 0.2) is 0 Å². The van der Waals surface area contributed by atoms with Crippen molar-refractivity contribution in [2.45, 2.75) is 32.6 Å². The van der Waals surface area contributed by atoms with E-state index in [9.17, 15) is 0 Å². The van der Waals surface area contributed by atoms with Crippen molar-refractivity contribution in [1.29, 1.82) is 0 Å². The lowest BCUT2D eigenvalue weighted by Crippen LogP contribution is -2.13. The molecule has 96 valence electrons. The van der Waals surface area contributed by atoms with Gasteiger partial charge in [0.05, 0.1) is 0 Å². The molecule has 0 amide bonds. The quantitative estimate of drug-likeness (QED) is 0.492. The molecule has 1 N–H and O–H groups in total. The third kappa shape index (κ3) is 6.93. The number of anilines is 1. The normalized spacial score (nSPS) is 9.17. The molecule has 0 radical (unpaired) electrons. The second-order valence-electron chi connectivity index (χ2n) is 3.83. The van der Waals surface area contributed by atoms with E-state index < -0.39 is 0 Å². The van der Waals surface area contributed by atoms with Crippen LogP contribution < -0.4 is 5.32 Å². The van der Waals surface area contributed by atoms with Crippen molar-refractivity contribution in [2.75, 3.05) is 11.9 Å². The molecule has 0 spiro atoms. The molecule has 1 rings (SSSR count). The van der Waals surface area contributed by atoms with Crippen molar-refractivity contribution < 1.29 is 4.74 Å². The lowest BCUT2D eigenvalue weighted by atomic mass is 10.2. The van der Waals surface area contributed by atoms with Gasteiger partial charge in [-0.05, 0) is 30.8 Å². The summed E-state index contributed by atoms with van der Waals surface area (Å²) in [6, 6.07) is 9.75. The van der Waals surface area contributed by atoms with Crippen molar-refractivity contribution >= 4 is 23.1 Å². The number of rotatable bonds is 5. The molecule has 3 heteroatoms. The highest BCUT2D eigenvalue weighted by Gasteiger charge is 1.96. The highest BCUT2D eigenvalue weighted by Crippen LogP contribution is 2.05. The van der Waals surface area contributed by atoms with Gasteiger partial charge in [0.2, 0.25) is 0 Å². The summed E-state index contributed by atoms with van der Waals surface area (Å²) < 4.78 is 5.37. The fourth-order valence-corrected chi connectivity index (χ4v) is 1.51. The van der Waals surface area contributed by atoms with Crippen LogP contribution >= 0.6 is 12.2 Å². The minimum absolute atomic E-state index is 0.400. The Morgan fingerprint density at radius 2 is 1.94 bits per heavy atom. The van der Waals surface area contributed by atoms with E-state index in [1.54, 1.807) is 0 Å². The second kappa shape index (κ2) is 9.49. The lowest BCUT2D eigenvalue weighted by Gasteiger charge is -2.07. The summed E-state index contributed by atoms with van der Waals surface area (Å²) in [5.74, 6) is 6.19. The summed E-state index contributed by atoms with van der Waals surface area (Å²) in [5.41, 5.74) is 0.941. The molecule has 0 aliphatic carbocycles. The lowest BCUT2D eigenvalue weighted by molar-refractivity contribution is 0.322. The number of benzene rings is 1. The van der Waals surface area contributed by atoms with Crippen molar-refractivity contribution in [3.63, 3.8) is 0 Å². The van der Waals surface area contributed by atoms with Gasteiger partial charge >= 0.3 is 0 Å². The van der Waals surface area contributed by atoms with Crippen LogP contribution in [0.15, 0.2) is 30.3 Å². The van der Waals surface area contributed by atoms with Crippen LogP contribution in [0.2, 0.25) is 0 Å². The van der Waals surface area contributed by atoms with E-state index in [0.29, 0.717) is 11.8 Å². The van der Waals surface area contributed by atoms with Crippen LogP contribution in [0, 0.1) is 11.8 Å². The van der Waals surface area contributed by atoms with Gasteiger partial charge in [-0.15, -0.1) is 5.92 Å². The summed E-state index contributed by atoms with van der Waals surface area (Å²) in [4.78, 5) is 0. The van der Waals surface area contributed by atoms with Crippen LogP contribution in [0.1, 0.15) is 32.6 Å². The van der Waals surface area contributed by atoms with Gasteiger partial charge < -0.3 is 10.1 Å². The van der Waals surface area contributed by atoms with E-state index in [4.69, 9.17) is 17.0 Å². The molecule has 2 nitrogen and oxygen atoms in total. The fourth-order valence-electron chi connectivity index (χ4n) is 1.31. The Labute approximate surface area is 115 Å². The maximum absolute atomic E-state index is 5.37. The Hall–Kier alpha value is -1.53. The van der Waals surface area contributed by atoms with Crippen LogP contribution in [-0.4, -0.2) is 11.8 Å². The number of hydrogen-bond acceptors (Lipinski definition) is 2. The molecule has 18 heavy (non-hydrogen) atoms. The molecule has 0 aliphatic rings. The first-order chi connectivity index (χ1) is 8.83. The average molecular weight is 261 g/mol. The molecule has 0 bridgehead atoms. The van der Waals surface area contributed by atoms with Crippen LogP contribution in [0.25, 0.3) is 0 Å². The number of ether oxygens (including phenoxy) is 1. The summed E-state index contributed by atoms with van der Waals surface area (Å²) >= 11 is 5.07. The summed E-state index contributed by atoms with van der Waals surface area (Å²) in [6.07, 6.45) is 4.06. The molecule has 0 aromatic heterocycles. The maximum atomic E-state index is 5.37. The average Bonchev–Trinajstić information content (AvgIpc) is 2.39. The molecule has 0 aliphatic heterocycles. The van der Waals surface area contributed by atoms with E-state index in [-0.39, 0.29) is 0 Å². The molecule has 0 atom stereocenters. The molecule has 1 aromatic carbocycles. The molecular formula is C15H19NOS. The van der Waals surface area contributed by atoms with E-state index >= 15 is 0 Å². The van der Waals surface area contributed by atoms with E-state index in [0.717, 1.165) is 18.5 Å². The van der Waals surface area contributed by atoms with Gasteiger partial charge in [0, 0.05) is 18.5 Å². The van der Waals surface area contributed by atoms with Crippen molar-refractivity contribution in [3.8, 4) is 11.8 Å². The molecule has 0 saturated heterocycles. The van der Waals surface area contributed by atoms with E-state index in [2.05, 4.69) is 24.1 Å². The number of para-hydroxylation sites is 1. The number of hydrogen-bond donors (Lipinski definition) is 1. The van der Waals surface area contributed by atoms with Crippen molar-refractivity contribution in [3.05, 3.63) is 30.3 Å². The molecule has 0 fully saturated rings. The zero-order valence-corrected chi connectivity index (χ0v) is 11.6. The Morgan fingerprint density at radius 1 is 1.22 bits per heavy atom. The number of unbranched alkanes of at least 4 members (excludes halogenated alkanes) is 2. The number of nitrogens with one attached hydrogen (secondary N) is 1. The van der Waals surface area contributed by atoms with Crippen molar-refractivity contribution in [1.82, 2.24) is 0 Å². The monoisotopic (exact) mass is 261 g/mol. The van der Waals surface area contributed by atoms with Crippen LogP contribution in [0.4, 0.5) is 5.69 Å². The Morgan fingerprint density at radius 3 is 2.67 bits per heavy atom. The molecule has 1 aromatic rings. The highest BCUT2D eigenvalue weighted by atomic mass is 32.1. The smallest absolute Gasteiger partial charge is 0.261 e. The van der Waals surface area contributed by atoms with Crippen LogP contribution in [0.3, 0.4) is 0 Å². The summed E-state index contributed by atoms with van der Waals surface area (Å²) in [5, 5.41) is 3.41. The van der Waals surface area contributed by atoms with Gasteiger partial charge in [-0.2, -0.15) is 0 Å². The molecule has 0 unspecified atom stereocenters. The van der Waals surface area contributed by atoms with Gasteiger partial charge in [-0.25, -0.2) is 0 Å². The predicted octanol–water partition coefficient (Wildman–Crippen LogP) is 3.98. The SMILES string of the molecule is CCCCC#CCCOC(=S)Nc1ccccc1. The largest absolute Gasteiger partial charge is 0.470 e.